The predicted octanol–water partition coefficient (Wildman–Crippen LogP) is 3.11. The molecule has 2 aromatic heterocycles. The normalized spacial score (nSPS) is 10.6. The van der Waals surface area contributed by atoms with Gasteiger partial charge in [-0.05, 0) is 24.3 Å². The molecule has 4 nitrogen and oxygen atoms in total. The van der Waals surface area contributed by atoms with E-state index < -0.39 is 0 Å². The minimum atomic E-state index is -0.381. The Kier molecular flexibility index (Phi) is 2.22. The number of pyridine rings is 1. The van der Waals surface area contributed by atoms with Crippen molar-refractivity contribution in [3.8, 4) is 0 Å². The van der Waals surface area contributed by atoms with Crippen LogP contribution in [0.4, 0.5) is 16.2 Å². The molecule has 0 saturated heterocycles. The van der Waals surface area contributed by atoms with Gasteiger partial charge in [0.25, 0.3) is 0 Å². The van der Waals surface area contributed by atoms with E-state index in [1.165, 1.54) is 12.1 Å². The van der Waals surface area contributed by atoms with Crippen LogP contribution in [0.5, 0.6) is 0 Å². The Hall–Kier alpha value is -2.43. The van der Waals surface area contributed by atoms with Gasteiger partial charge in [-0.3, -0.25) is 5.32 Å². The maximum Gasteiger partial charge on any atom is 0.301 e. The number of hydrogen-bond acceptors (Lipinski definition) is 4. The van der Waals surface area contributed by atoms with Gasteiger partial charge in [0.1, 0.15) is 17.2 Å². The van der Waals surface area contributed by atoms with Crippen LogP contribution in [0.2, 0.25) is 0 Å². The summed E-state index contributed by atoms with van der Waals surface area (Å²) in [4.78, 5) is 8.08. The summed E-state index contributed by atoms with van der Waals surface area (Å²) >= 11 is 0. The van der Waals surface area contributed by atoms with E-state index >= 15 is 0 Å². The maximum atomic E-state index is 12.7. The summed E-state index contributed by atoms with van der Waals surface area (Å²) in [5, 5.41) is 2.86. The van der Waals surface area contributed by atoms with E-state index in [0.29, 0.717) is 17.4 Å². The van der Waals surface area contributed by atoms with E-state index in [4.69, 9.17) is 4.42 Å². The Balaban J connectivity index is 1.92. The number of aromatic nitrogens is 2. The van der Waals surface area contributed by atoms with Crippen LogP contribution in [-0.4, -0.2) is 9.97 Å². The molecule has 1 aromatic carbocycles. The second-order valence-electron chi connectivity index (χ2n) is 3.47. The Labute approximate surface area is 96.1 Å². The first kappa shape index (κ1) is 9.77. The standard InChI is InChI=1S/C12H8FN3O/c13-8-5-6-11(14-7-8)16-12-15-9-3-1-2-4-10(9)17-12/h1-7H,(H,14,15,16). The topological polar surface area (TPSA) is 51.0 Å². The molecule has 17 heavy (non-hydrogen) atoms. The number of para-hydroxylation sites is 2. The van der Waals surface area contributed by atoms with Gasteiger partial charge in [-0.15, -0.1) is 0 Å². The molecule has 0 spiro atoms. The molecular formula is C12H8FN3O. The Morgan fingerprint density at radius 3 is 2.76 bits per heavy atom. The largest absolute Gasteiger partial charge is 0.423 e. The van der Waals surface area contributed by atoms with Crippen molar-refractivity contribution in [1.82, 2.24) is 9.97 Å². The molecular weight excluding hydrogens is 221 g/mol. The van der Waals surface area contributed by atoms with Crippen LogP contribution in [0, 0.1) is 5.82 Å². The summed E-state index contributed by atoms with van der Waals surface area (Å²) in [7, 11) is 0. The monoisotopic (exact) mass is 229 g/mol. The van der Waals surface area contributed by atoms with Crippen LogP contribution in [0.3, 0.4) is 0 Å². The van der Waals surface area contributed by atoms with Crippen molar-refractivity contribution in [1.29, 1.82) is 0 Å². The lowest BCUT2D eigenvalue weighted by Crippen LogP contribution is -1.93. The lowest BCUT2D eigenvalue weighted by Gasteiger charge is -1.98. The SMILES string of the molecule is Fc1ccc(Nc2nc3ccccc3o2)nc1. The number of halogens is 1. The van der Waals surface area contributed by atoms with Crippen LogP contribution in [-0.2, 0) is 0 Å². The minimum Gasteiger partial charge on any atom is -0.423 e. The zero-order valence-electron chi connectivity index (χ0n) is 8.72. The quantitative estimate of drug-likeness (QED) is 0.733. The fraction of sp³-hybridized carbons (Fsp3) is 0. The summed E-state index contributed by atoms with van der Waals surface area (Å²) in [6.45, 7) is 0. The highest BCUT2D eigenvalue weighted by Gasteiger charge is 2.05. The van der Waals surface area contributed by atoms with Crippen molar-refractivity contribution in [3.63, 3.8) is 0 Å². The van der Waals surface area contributed by atoms with E-state index in [0.717, 1.165) is 11.7 Å². The van der Waals surface area contributed by atoms with E-state index in [-0.39, 0.29) is 5.82 Å². The lowest BCUT2D eigenvalue weighted by molar-refractivity contribution is 0.616. The highest BCUT2D eigenvalue weighted by molar-refractivity contribution is 5.74. The van der Waals surface area contributed by atoms with E-state index in [1.807, 2.05) is 24.3 Å². The van der Waals surface area contributed by atoms with Gasteiger partial charge >= 0.3 is 6.01 Å². The fourth-order valence-corrected chi connectivity index (χ4v) is 1.48. The first-order chi connectivity index (χ1) is 8.31. The van der Waals surface area contributed by atoms with Crippen molar-refractivity contribution in [2.24, 2.45) is 0 Å². The summed E-state index contributed by atoms with van der Waals surface area (Å²) < 4.78 is 18.1. The summed E-state index contributed by atoms with van der Waals surface area (Å²) in [6.07, 6.45) is 1.13. The Morgan fingerprint density at radius 2 is 2.00 bits per heavy atom. The van der Waals surface area contributed by atoms with Crippen LogP contribution < -0.4 is 5.32 Å². The molecule has 0 unspecified atom stereocenters. The highest BCUT2D eigenvalue weighted by atomic mass is 19.1. The molecule has 3 rings (SSSR count). The van der Waals surface area contributed by atoms with Crippen LogP contribution in [0.15, 0.2) is 47.0 Å². The summed E-state index contributed by atoms with van der Waals surface area (Å²) in [5.74, 6) is 0.103. The van der Waals surface area contributed by atoms with Crippen molar-refractivity contribution >= 4 is 22.9 Å². The molecule has 1 N–H and O–H groups in total. The van der Waals surface area contributed by atoms with Crippen molar-refractivity contribution in [2.75, 3.05) is 5.32 Å². The molecule has 0 saturated carbocycles. The number of nitrogens with one attached hydrogen (secondary N) is 1. The molecule has 0 aliphatic carbocycles. The van der Waals surface area contributed by atoms with Gasteiger partial charge in [0.2, 0.25) is 0 Å². The first-order valence-electron chi connectivity index (χ1n) is 5.05. The number of hydrogen-bond donors (Lipinski definition) is 1. The van der Waals surface area contributed by atoms with Gasteiger partial charge < -0.3 is 4.42 Å². The van der Waals surface area contributed by atoms with Gasteiger partial charge in [0.15, 0.2) is 5.58 Å². The smallest absolute Gasteiger partial charge is 0.301 e. The van der Waals surface area contributed by atoms with E-state index in [9.17, 15) is 4.39 Å². The second kappa shape index (κ2) is 3.86. The molecule has 0 aliphatic rings. The van der Waals surface area contributed by atoms with Gasteiger partial charge in [-0.2, -0.15) is 4.98 Å². The number of benzene rings is 1. The lowest BCUT2D eigenvalue weighted by atomic mass is 10.3. The average molecular weight is 229 g/mol. The Bertz CT molecular complexity index is 615. The molecule has 0 atom stereocenters. The molecule has 0 bridgehead atoms. The zero-order chi connectivity index (χ0) is 11.7. The van der Waals surface area contributed by atoms with E-state index in [2.05, 4.69) is 15.3 Å². The number of nitrogens with zero attached hydrogens (tertiary/aromatic N) is 2. The third-order valence-corrected chi connectivity index (χ3v) is 2.26. The highest BCUT2D eigenvalue weighted by Crippen LogP contribution is 2.20. The van der Waals surface area contributed by atoms with Gasteiger partial charge in [-0.25, -0.2) is 9.37 Å². The van der Waals surface area contributed by atoms with Crippen molar-refractivity contribution in [3.05, 3.63) is 48.4 Å². The van der Waals surface area contributed by atoms with Gasteiger partial charge in [0, 0.05) is 0 Å². The molecule has 0 fully saturated rings. The number of rotatable bonds is 2. The molecule has 0 radical (unpaired) electrons. The molecule has 3 aromatic rings. The van der Waals surface area contributed by atoms with Crippen LogP contribution in [0.25, 0.3) is 11.1 Å². The third kappa shape index (κ3) is 1.94. The first-order valence-corrected chi connectivity index (χ1v) is 5.05. The Morgan fingerprint density at radius 1 is 1.12 bits per heavy atom. The predicted molar refractivity (Wildman–Crippen MR) is 61.5 cm³/mol. The molecule has 84 valence electrons. The van der Waals surface area contributed by atoms with E-state index in [1.54, 1.807) is 0 Å². The van der Waals surface area contributed by atoms with Crippen molar-refractivity contribution < 1.29 is 8.81 Å². The van der Waals surface area contributed by atoms with Gasteiger partial charge in [-0.1, -0.05) is 12.1 Å². The van der Waals surface area contributed by atoms with Crippen LogP contribution in [0.1, 0.15) is 0 Å². The summed E-state index contributed by atoms with van der Waals surface area (Å²) in [6, 6.07) is 10.6. The fourth-order valence-electron chi connectivity index (χ4n) is 1.48. The number of fused-ring (bicyclic) bond motifs is 1. The van der Waals surface area contributed by atoms with Gasteiger partial charge in [0.05, 0.1) is 6.20 Å². The number of anilines is 2. The second-order valence-corrected chi connectivity index (χ2v) is 3.47. The zero-order valence-corrected chi connectivity index (χ0v) is 8.72. The maximum absolute atomic E-state index is 12.7. The number of oxazole rings is 1. The third-order valence-electron chi connectivity index (χ3n) is 2.26. The minimum absolute atomic E-state index is 0.338. The summed E-state index contributed by atoms with van der Waals surface area (Å²) in [5.41, 5.74) is 1.45. The molecule has 0 aliphatic heterocycles. The molecule has 2 heterocycles. The molecule has 0 amide bonds. The average Bonchev–Trinajstić information content (AvgIpc) is 2.74. The van der Waals surface area contributed by atoms with Crippen molar-refractivity contribution in [2.45, 2.75) is 0 Å². The molecule has 5 heteroatoms. The van der Waals surface area contributed by atoms with Crippen LogP contribution >= 0.6 is 0 Å².